The van der Waals surface area contributed by atoms with E-state index in [4.69, 9.17) is 5.73 Å². The SMILES string of the molecule is CN1C(=O)N(Cc2ccccc2)C2(CCN(C(=O)[C@@H](N)c3ccccc3)CC2)C1=O. The highest BCUT2D eigenvalue weighted by molar-refractivity contribution is 6.07. The first-order valence-electron chi connectivity index (χ1n) is 10.2. The monoisotopic (exact) mass is 406 g/mol. The van der Waals surface area contributed by atoms with Crippen molar-refractivity contribution in [2.75, 3.05) is 20.1 Å². The van der Waals surface area contributed by atoms with Crippen LogP contribution in [0.4, 0.5) is 4.79 Å². The van der Waals surface area contributed by atoms with Crippen LogP contribution in [0, 0.1) is 0 Å². The summed E-state index contributed by atoms with van der Waals surface area (Å²) in [5.41, 5.74) is 7.01. The average molecular weight is 406 g/mol. The number of nitrogens with zero attached hydrogens (tertiary/aromatic N) is 3. The van der Waals surface area contributed by atoms with E-state index in [2.05, 4.69) is 0 Å². The Hall–Kier alpha value is -3.19. The molecule has 1 atom stereocenters. The predicted molar refractivity (Wildman–Crippen MR) is 112 cm³/mol. The van der Waals surface area contributed by atoms with Gasteiger partial charge in [0.1, 0.15) is 11.6 Å². The van der Waals surface area contributed by atoms with Crippen LogP contribution in [0.15, 0.2) is 60.7 Å². The van der Waals surface area contributed by atoms with Gasteiger partial charge in [-0.25, -0.2) is 4.79 Å². The van der Waals surface area contributed by atoms with E-state index in [-0.39, 0.29) is 17.8 Å². The van der Waals surface area contributed by atoms with Crippen LogP contribution in [-0.4, -0.2) is 58.2 Å². The summed E-state index contributed by atoms with van der Waals surface area (Å²) >= 11 is 0. The van der Waals surface area contributed by atoms with Crippen LogP contribution in [0.5, 0.6) is 0 Å². The number of imide groups is 1. The molecule has 2 heterocycles. The van der Waals surface area contributed by atoms with E-state index in [0.717, 1.165) is 11.1 Å². The van der Waals surface area contributed by atoms with E-state index < -0.39 is 11.6 Å². The van der Waals surface area contributed by atoms with E-state index in [1.165, 1.54) is 11.9 Å². The van der Waals surface area contributed by atoms with Crippen molar-refractivity contribution in [1.29, 1.82) is 0 Å². The first-order valence-corrected chi connectivity index (χ1v) is 10.2. The summed E-state index contributed by atoms with van der Waals surface area (Å²) in [6, 6.07) is 17.9. The van der Waals surface area contributed by atoms with Gasteiger partial charge < -0.3 is 15.5 Å². The highest BCUT2D eigenvalue weighted by Gasteiger charge is 2.57. The second-order valence-corrected chi connectivity index (χ2v) is 7.96. The summed E-state index contributed by atoms with van der Waals surface area (Å²) in [6.07, 6.45) is 0.810. The number of hydrogen-bond acceptors (Lipinski definition) is 4. The maximum absolute atomic E-state index is 13.1. The highest BCUT2D eigenvalue weighted by Crippen LogP contribution is 2.38. The number of carbonyl (C=O) groups is 3. The zero-order chi connectivity index (χ0) is 21.3. The molecule has 0 aromatic heterocycles. The van der Waals surface area contributed by atoms with Gasteiger partial charge in [0.05, 0.1) is 0 Å². The number of rotatable bonds is 4. The summed E-state index contributed by atoms with van der Waals surface area (Å²) < 4.78 is 0. The van der Waals surface area contributed by atoms with Crippen LogP contribution >= 0.6 is 0 Å². The van der Waals surface area contributed by atoms with Gasteiger partial charge in [-0.2, -0.15) is 0 Å². The average Bonchev–Trinajstić information content (AvgIpc) is 2.96. The number of benzene rings is 2. The third kappa shape index (κ3) is 3.35. The van der Waals surface area contributed by atoms with Crippen LogP contribution in [-0.2, 0) is 16.1 Å². The molecule has 2 aromatic rings. The van der Waals surface area contributed by atoms with Crippen molar-refractivity contribution < 1.29 is 14.4 Å². The minimum Gasteiger partial charge on any atom is -0.341 e. The third-order valence-corrected chi connectivity index (χ3v) is 6.25. The number of nitrogens with two attached hydrogens (primary N) is 1. The lowest BCUT2D eigenvalue weighted by Crippen LogP contribution is -2.57. The van der Waals surface area contributed by atoms with Gasteiger partial charge in [0.25, 0.3) is 5.91 Å². The molecule has 2 aliphatic rings. The van der Waals surface area contributed by atoms with Gasteiger partial charge in [-0.3, -0.25) is 14.5 Å². The topological polar surface area (TPSA) is 87.0 Å². The molecule has 0 bridgehead atoms. The Morgan fingerprint density at radius 1 is 1.00 bits per heavy atom. The molecule has 2 N–H and O–H groups in total. The first kappa shape index (κ1) is 20.1. The molecule has 0 unspecified atom stereocenters. The minimum absolute atomic E-state index is 0.157. The summed E-state index contributed by atoms with van der Waals surface area (Å²) in [7, 11) is 1.53. The second kappa shape index (κ2) is 7.91. The molecule has 0 radical (unpaired) electrons. The Bertz CT molecular complexity index is 939. The van der Waals surface area contributed by atoms with Crippen molar-refractivity contribution in [1.82, 2.24) is 14.7 Å². The Labute approximate surface area is 176 Å². The number of hydrogen-bond donors (Lipinski definition) is 1. The largest absolute Gasteiger partial charge is 0.341 e. The summed E-state index contributed by atoms with van der Waals surface area (Å²) in [4.78, 5) is 43.4. The fourth-order valence-corrected chi connectivity index (χ4v) is 4.44. The molecule has 4 rings (SSSR count). The zero-order valence-corrected chi connectivity index (χ0v) is 17.0. The van der Waals surface area contributed by atoms with Crippen LogP contribution in [0.3, 0.4) is 0 Å². The molecule has 2 aromatic carbocycles. The Morgan fingerprint density at radius 3 is 2.17 bits per heavy atom. The fourth-order valence-electron chi connectivity index (χ4n) is 4.44. The normalized spacial score (nSPS) is 19.5. The number of amides is 4. The van der Waals surface area contributed by atoms with Crippen LogP contribution in [0.2, 0.25) is 0 Å². The van der Waals surface area contributed by atoms with Crippen LogP contribution in [0.25, 0.3) is 0 Å². The fraction of sp³-hybridized carbons (Fsp3) is 0.348. The molecule has 2 aliphatic heterocycles. The van der Waals surface area contributed by atoms with Crippen molar-refractivity contribution in [3.05, 3.63) is 71.8 Å². The first-order chi connectivity index (χ1) is 14.4. The second-order valence-electron chi connectivity index (χ2n) is 7.96. The van der Waals surface area contributed by atoms with E-state index in [1.807, 2.05) is 60.7 Å². The van der Waals surface area contributed by atoms with Gasteiger partial charge >= 0.3 is 6.03 Å². The van der Waals surface area contributed by atoms with Crippen molar-refractivity contribution in [2.45, 2.75) is 31.0 Å². The van der Waals surface area contributed by atoms with Gasteiger partial charge in [0.2, 0.25) is 5.91 Å². The van der Waals surface area contributed by atoms with E-state index >= 15 is 0 Å². The lowest BCUT2D eigenvalue weighted by atomic mass is 9.85. The molecular formula is C23H26N4O3. The van der Waals surface area contributed by atoms with E-state index in [1.54, 1.807) is 9.80 Å². The number of piperidine rings is 1. The van der Waals surface area contributed by atoms with Gasteiger partial charge in [0.15, 0.2) is 0 Å². The third-order valence-electron chi connectivity index (χ3n) is 6.25. The molecule has 4 amide bonds. The molecule has 7 heteroatoms. The van der Waals surface area contributed by atoms with Crippen molar-refractivity contribution in [3.63, 3.8) is 0 Å². The summed E-state index contributed by atoms with van der Waals surface area (Å²) in [5.74, 6) is -0.348. The molecule has 0 saturated carbocycles. The molecule has 0 aliphatic carbocycles. The predicted octanol–water partition coefficient (Wildman–Crippen LogP) is 2.14. The zero-order valence-electron chi connectivity index (χ0n) is 17.0. The van der Waals surface area contributed by atoms with Crippen LogP contribution < -0.4 is 5.73 Å². The van der Waals surface area contributed by atoms with Crippen molar-refractivity contribution in [2.24, 2.45) is 5.73 Å². The Morgan fingerprint density at radius 2 is 1.57 bits per heavy atom. The molecule has 1 spiro atoms. The van der Waals surface area contributed by atoms with Gasteiger partial charge in [0, 0.05) is 26.7 Å². The standard InChI is InChI=1S/C23H26N4O3/c1-25-21(29)23(27(22(25)30)16-17-8-4-2-5-9-17)12-14-26(15-13-23)20(28)19(24)18-10-6-3-7-11-18/h2-11,19H,12-16,24H2,1H3/t19-/m0/s1. The highest BCUT2D eigenvalue weighted by atomic mass is 16.2. The maximum atomic E-state index is 13.1. The number of carbonyl (C=O) groups excluding carboxylic acids is 3. The number of urea groups is 1. The minimum atomic E-state index is -0.907. The Balaban J connectivity index is 1.51. The summed E-state index contributed by atoms with van der Waals surface area (Å²) in [6.45, 7) is 1.14. The number of likely N-dealkylation sites (N-methyl/N-ethyl adjacent to an activating group) is 1. The molecule has 30 heavy (non-hydrogen) atoms. The van der Waals surface area contributed by atoms with Crippen molar-refractivity contribution in [3.8, 4) is 0 Å². The van der Waals surface area contributed by atoms with Gasteiger partial charge in [-0.05, 0) is 24.0 Å². The molecular weight excluding hydrogens is 380 g/mol. The molecule has 7 nitrogen and oxygen atoms in total. The van der Waals surface area contributed by atoms with Gasteiger partial charge in [-0.15, -0.1) is 0 Å². The molecule has 2 fully saturated rings. The number of likely N-dealkylation sites (tertiary alicyclic amines) is 1. The lowest BCUT2D eigenvalue weighted by Gasteiger charge is -2.42. The smallest absolute Gasteiger partial charge is 0.327 e. The van der Waals surface area contributed by atoms with Crippen molar-refractivity contribution >= 4 is 17.8 Å². The summed E-state index contributed by atoms with van der Waals surface area (Å²) in [5, 5.41) is 0. The quantitative estimate of drug-likeness (QED) is 0.788. The lowest BCUT2D eigenvalue weighted by molar-refractivity contribution is -0.141. The van der Waals surface area contributed by atoms with E-state index in [9.17, 15) is 14.4 Å². The molecule has 156 valence electrons. The van der Waals surface area contributed by atoms with E-state index in [0.29, 0.717) is 32.5 Å². The Kier molecular flexibility index (Phi) is 5.30. The molecule has 2 saturated heterocycles. The van der Waals surface area contributed by atoms with Gasteiger partial charge in [-0.1, -0.05) is 60.7 Å². The maximum Gasteiger partial charge on any atom is 0.327 e. The van der Waals surface area contributed by atoms with Crippen LogP contribution in [0.1, 0.15) is 30.0 Å².